The first-order valence-corrected chi connectivity index (χ1v) is 5.02. The van der Waals surface area contributed by atoms with Gasteiger partial charge in [-0.3, -0.25) is 0 Å². The monoisotopic (exact) mass is 205 g/mol. The normalized spacial score (nSPS) is 13.0. The van der Waals surface area contributed by atoms with Crippen LogP contribution in [0.3, 0.4) is 0 Å². The number of hydrogen-bond acceptors (Lipinski definition) is 3. The Labute approximate surface area is 88.8 Å². The first-order chi connectivity index (χ1) is 7.27. The van der Waals surface area contributed by atoms with Crippen LogP contribution in [0, 0.1) is 0 Å². The molecule has 1 aromatic heterocycles. The maximum atomic E-state index is 5.66. The molecule has 1 unspecified atom stereocenters. The molecule has 0 saturated carbocycles. The second-order valence-corrected chi connectivity index (χ2v) is 3.66. The Morgan fingerprint density at radius 3 is 2.87 bits per heavy atom. The van der Waals surface area contributed by atoms with Crippen LogP contribution in [0.1, 0.15) is 18.4 Å². The minimum absolute atomic E-state index is 0.273. The van der Waals surface area contributed by atoms with Crippen molar-refractivity contribution in [2.24, 2.45) is 5.73 Å². The fourth-order valence-corrected chi connectivity index (χ4v) is 1.75. The third-order valence-corrected chi connectivity index (χ3v) is 2.70. The molecule has 2 N–H and O–H groups in total. The molecule has 0 amide bonds. The Kier molecular flexibility index (Phi) is 2.64. The van der Waals surface area contributed by atoms with E-state index in [2.05, 4.69) is 6.92 Å². The van der Waals surface area contributed by atoms with Gasteiger partial charge in [0.15, 0.2) is 11.3 Å². The standard InChI is InChI=1S/C12H15NO2/c1-8(7-13)10-4-3-9-5-6-15-11(9)12(10)14-2/h3-6,8H,7,13H2,1-2H3. The molecule has 80 valence electrons. The summed E-state index contributed by atoms with van der Waals surface area (Å²) in [4.78, 5) is 0. The Hall–Kier alpha value is -1.48. The van der Waals surface area contributed by atoms with Gasteiger partial charge in [0, 0.05) is 10.9 Å². The molecule has 3 nitrogen and oxygen atoms in total. The van der Waals surface area contributed by atoms with Crippen LogP contribution in [0.15, 0.2) is 28.9 Å². The van der Waals surface area contributed by atoms with Gasteiger partial charge in [-0.2, -0.15) is 0 Å². The highest BCUT2D eigenvalue weighted by Gasteiger charge is 2.14. The first-order valence-electron chi connectivity index (χ1n) is 5.02. The quantitative estimate of drug-likeness (QED) is 0.837. The number of furan rings is 1. The van der Waals surface area contributed by atoms with Crippen LogP contribution in [0.25, 0.3) is 11.0 Å². The summed E-state index contributed by atoms with van der Waals surface area (Å²) >= 11 is 0. The predicted molar refractivity (Wildman–Crippen MR) is 60.2 cm³/mol. The highest BCUT2D eigenvalue weighted by molar-refractivity contribution is 5.84. The Balaban J connectivity index is 2.63. The van der Waals surface area contributed by atoms with E-state index in [4.69, 9.17) is 14.9 Å². The molecule has 0 fully saturated rings. The van der Waals surface area contributed by atoms with Crippen molar-refractivity contribution in [1.29, 1.82) is 0 Å². The van der Waals surface area contributed by atoms with Crippen molar-refractivity contribution >= 4 is 11.0 Å². The number of fused-ring (bicyclic) bond motifs is 1. The zero-order valence-electron chi connectivity index (χ0n) is 8.99. The van der Waals surface area contributed by atoms with Gasteiger partial charge in [-0.25, -0.2) is 0 Å². The lowest BCUT2D eigenvalue weighted by Crippen LogP contribution is -2.10. The molecular weight excluding hydrogens is 190 g/mol. The lowest BCUT2D eigenvalue weighted by atomic mass is 9.99. The topological polar surface area (TPSA) is 48.4 Å². The predicted octanol–water partition coefficient (Wildman–Crippen LogP) is 2.50. The van der Waals surface area contributed by atoms with Crippen LogP contribution < -0.4 is 10.5 Å². The second-order valence-electron chi connectivity index (χ2n) is 3.66. The average Bonchev–Trinajstić information content (AvgIpc) is 2.74. The average molecular weight is 205 g/mol. The smallest absolute Gasteiger partial charge is 0.175 e. The largest absolute Gasteiger partial charge is 0.493 e. The van der Waals surface area contributed by atoms with E-state index < -0.39 is 0 Å². The third kappa shape index (κ3) is 1.59. The number of hydrogen-bond donors (Lipinski definition) is 1. The Morgan fingerprint density at radius 1 is 1.40 bits per heavy atom. The fraction of sp³-hybridized carbons (Fsp3) is 0.333. The zero-order chi connectivity index (χ0) is 10.8. The van der Waals surface area contributed by atoms with E-state index in [1.54, 1.807) is 13.4 Å². The fourth-order valence-electron chi connectivity index (χ4n) is 1.75. The lowest BCUT2D eigenvalue weighted by molar-refractivity contribution is 0.402. The number of benzene rings is 1. The lowest BCUT2D eigenvalue weighted by Gasteiger charge is -2.13. The summed E-state index contributed by atoms with van der Waals surface area (Å²) in [5.74, 6) is 1.07. The molecule has 1 atom stereocenters. The summed E-state index contributed by atoms with van der Waals surface area (Å²) in [7, 11) is 1.66. The van der Waals surface area contributed by atoms with Gasteiger partial charge in [-0.05, 0) is 18.5 Å². The summed E-state index contributed by atoms with van der Waals surface area (Å²) in [5.41, 5.74) is 7.56. The van der Waals surface area contributed by atoms with E-state index in [9.17, 15) is 0 Å². The second kappa shape index (κ2) is 3.95. The molecule has 1 heterocycles. The molecule has 0 radical (unpaired) electrons. The molecule has 2 rings (SSSR count). The molecule has 0 spiro atoms. The van der Waals surface area contributed by atoms with Gasteiger partial charge in [-0.1, -0.05) is 19.1 Å². The molecule has 0 saturated heterocycles. The van der Waals surface area contributed by atoms with Gasteiger partial charge < -0.3 is 14.9 Å². The van der Waals surface area contributed by atoms with Gasteiger partial charge in [0.2, 0.25) is 0 Å². The van der Waals surface area contributed by atoms with Gasteiger partial charge >= 0.3 is 0 Å². The summed E-state index contributed by atoms with van der Waals surface area (Å²) in [6.07, 6.45) is 1.67. The van der Waals surface area contributed by atoms with Crippen LogP contribution in [0.4, 0.5) is 0 Å². The van der Waals surface area contributed by atoms with Gasteiger partial charge in [0.1, 0.15) is 0 Å². The Bertz CT molecular complexity index is 462. The zero-order valence-corrected chi connectivity index (χ0v) is 8.99. The minimum Gasteiger partial charge on any atom is -0.493 e. The molecule has 2 aromatic rings. The summed E-state index contributed by atoms with van der Waals surface area (Å²) < 4.78 is 10.8. The third-order valence-electron chi connectivity index (χ3n) is 2.70. The minimum atomic E-state index is 0.273. The van der Waals surface area contributed by atoms with Crippen molar-refractivity contribution in [1.82, 2.24) is 0 Å². The van der Waals surface area contributed by atoms with E-state index in [0.29, 0.717) is 6.54 Å². The highest BCUT2D eigenvalue weighted by Crippen LogP contribution is 2.34. The summed E-state index contributed by atoms with van der Waals surface area (Å²) in [5, 5.41) is 1.06. The molecule has 0 bridgehead atoms. The van der Waals surface area contributed by atoms with Crippen molar-refractivity contribution in [3.05, 3.63) is 30.0 Å². The maximum Gasteiger partial charge on any atom is 0.175 e. The van der Waals surface area contributed by atoms with E-state index in [1.807, 2.05) is 18.2 Å². The van der Waals surface area contributed by atoms with Crippen LogP contribution in [0.2, 0.25) is 0 Å². The number of rotatable bonds is 3. The molecule has 1 aromatic carbocycles. The van der Waals surface area contributed by atoms with E-state index in [1.165, 1.54) is 0 Å². The first kappa shape index (κ1) is 10.1. The van der Waals surface area contributed by atoms with E-state index in [0.717, 1.165) is 22.3 Å². The van der Waals surface area contributed by atoms with Crippen molar-refractivity contribution < 1.29 is 9.15 Å². The van der Waals surface area contributed by atoms with Crippen molar-refractivity contribution in [2.75, 3.05) is 13.7 Å². The highest BCUT2D eigenvalue weighted by atomic mass is 16.5. The van der Waals surface area contributed by atoms with Crippen LogP contribution in [-0.2, 0) is 0 Å². The van der Waals surface area contributed by atoms with Gasteiger partial charge in [-0.15, -0.1) is 0 Å². The van der Waals surface area contributed by atoms with Crippen LogP contribution in [-0.4, -0.2) is 13.7 Å². The molecule has 0 aliphatic rings. The van der Waals surface area contributed by atoms with E-state index in [-0.39, 0.29) is 5.92 Å². The van der Waals surface area contributed by atoms with Crippen molar-refractivity contribution in [3.8, 4) is 5.75 Å². The van der Waals surface area contributed by atoms with E-state index >= 15 is 0 Å². The summed E-state index contributed by atoms with van der Waals surface area (Å²) in [6, 6.07) is 6.01. The number of nitrogens with two attached hydrogens (primary N) is 1. The molecule has 0 aliphatic heterocycles. The van der Waals surface area contributed by atoms with Crippen LogP contribution >= 0.6 is 0 Å². The molecular formula is C12H15NO2. The van der Waals surface area contributed by atoms with Gasteiger partial charge in [0.05, 0.1) is 13.4 Å². The molecule has 0 aliphatic carbocycles. The van der Waals surface area contributed by atoms with Crippen LogP contribution in [0.5, 0.6) is 5.75 Å². The van der Waals surface area contributed by atoms with Gasteiger partial charge in [0.25, 0.3) is 0 Å². The SMILES string of the molecule is COc1c(C(C)CN)ccc2ccoc12. The van der Waals surface area contributed by atoms with Crippen molar-refractivity contribution in [3.63, 3.8) is 0 Å². The van der Waals surface area contributed by atoms with Crippen molar-refractivity contribution in [2.45, 2.75) is 12.8 Å². The summed E-state index contributed by atoms with van der Waals surface area (Å²) in [6.45, 7) is 2.68. The maximum absolute atomic E-state index is 5.66. The molecule has 3 heteroatoms. The Morgan fingerprint density at radius 2 is 2.20 bits per heavy atom. The molecule has 15 heavy (non-hydrogen) atoms. The number of ether oxygens (including phenoxy) is 1. The number of methoxy groups -OCH3 is 1.